The minimum absolute atomic E-state index is 0.0463. The van der Waals surface area contributed by atoms with Crippen molar-refractivity contribution in [2.24, 2.45) is 0 Å². The van der Waals surface area contributed by atoms with Crippen LogP contribution in [0.3, 0.4) is 0 Å². The maximum Gasteiger partial charge on any atom is 0.356 e. The number of hydrogen-bond acceptors (Lipinski definition) is 2. The highest BCUT2D eigenvalue weighted by atomic mass is 16.4. The smallest absolute Gasteiger partial charge is 0.356 e. The van der Waals surface area contributed by atoms with Gasteiger partial charge in [0.25, 0.3) is 0 Å². The second-order valence-electron chi connectivity index (χ2n) is 4.00. The van der Waals surface area contributed by atoms with Gasteiger partial charge in [-0.2, -0.15) is 5.10 Å². The van der Waals surface area contributed by atoms with Gasteiger partial charge in [0.15, 0.2) is 5.69 Å². The standard InChI is InChI=1S/C12H10.C4H4N2O2/c1-3-7-11(8-4-1)12-9-5-2-6-10-12;7-4(8)3-1-2-5-6-3/h1-10H;1-2H,(H,5,6)(H,7,8). The molecule has 0 radical (unpaired) electrons. The van der Waals surface area contributed by atoms with Gasteiger partial charge in [0.05, 0.1) is 0 Å². The van der Waals surface area contributed by atoms with E-state index in [1.807, 2.05) is 12.1 Å². The van der Waals surface area contributed by atoms with Crippen LogP contribution in [-0.4, -0.2) is 21.3 Å². The zero-order chi connectivity index (χ0) is 14.2. The molecule has 20 heavy (non-hydrogen) atoms. The molecule has 0 amide bonds. The Labute approximate surface area is 116 Å². The Hall–Kier alpha value is -2.88. The third kappa shape index (κ3) is 3.81. The molecule has 0 fully saturated rings. The number of carboxylic acids is 1. The van der Waals surface area contributed by atoms with E-state index in [0.717, 1.165) is 0 Å². The maximum absolute atomic E-state index is 9.98. The van der Waals surface area contributed by atoms with Crippen LogP contribution in [0.1, 0.15) is 10.5 Å². The summed E-state index contributed by atoms with van der Waals surface area (Å²) in [5, 5.41) is 14.0. The molecule has 0 aliphatic heterocycles. The number of aromatic nitrogens is 2. The monoisotopic (exact) mass is 266 g/mol. The molecule has 100 valence electrons. The molecule has 0 spiro atoms. The lowest BCUT2D eigenvalue weighted by molar-refractivity contribution is 0.0690. The summed E-state index contributed by atoms with van der Waals surface area (Å²) in [7, 11) is 0. The first-order valence-corrected chi connectivity index (χ1v) is 6.11. The second-order valence-corrected chi connectivity index (χ2v) is 4.00. The van der Waals surface area contributed by atoms with Crippen LogP contribution in [0.25, 0.3) is 11.1 Å². The van der Waals surface area contributed by atoms with E-state index in [1.165, 1.54) is 23.4 Å². The fourth-order valence-electron chi connectivity index (χ4n) is 1.64. The number of carbonyl (C=O) groups is 1. The van der Waals surface area contributed by atoms with Gasteiger partial charge in [-0.25, -0.2) is 4.79 Å². The third-order valence-electron chi connectivity index (χ3n) is 2.60. The Morgan fingerprint density at radius 3 is 1.65 bits per heavy atom. The summed E-state index contributed by atoms with van der Waals surface area (Å²) >= 11 is 0. The first-order valence-electron chi connectivity index (χ1n) is 6.11. The Bertz CT molecular complexity index is 597. The van der Waals surface area contributed by atoms with Gasteiger partial charge in [-0.15, -0.1) is 0 Å². The quantitative estimate of drug-likeness (QED) is 0.746. The van der Waals surface area contributed by atoms with Gasteiger partial charge < -0.3 is 5.11 Å². The largest absolute Gasteiger partial charge is 0.476 e. The van der Waals surface area contributed by atoms with Crippen LogP contribution in [0.4, 0.5) is 0 Å². The highest BCUT2D eigenvalue weighted by molar-refractivity contribution is 5.84. The fourth-order valence-corrected chi connectivity index (χ4v) is 1.64. The Balaban J connectivity index is 0.000000160. The van der Waals surface area contributed by atoms with Crippen molar-refractivity contribution in [3.05, 3.63) is 78.6 Å². The molecule has 4 nitrogen and oxygen atoms in total. The van der Waals surface area contributed by atoms with E-state index in [4.69, 9.17) is 5.11 Å². The normalized spacial score (nSPS) is 9.40. The summed E-state index contributed by atoms with van der Waals surface area (Å²) in [5.74, 6) is -1.01. The number of nitrogens with zero attached hydrogens (tertiary/aromatic N) is 1. The molecular formula is C16H14N2O2. The van der Waals surface area contributed by atoms with Gasteiger partial charge in [-0.05, 0) is 17.2 Å². The van der Waals surface area contributed by atoms with Crippen LogP contribution in [0.15, 0.2) is 72.9 Å². The van der Waals surface area contributed by atoms with Gasteiger partial charge in [0, 0.05) is 6.20 Å². The van der Waals surface area contributed by atoms with Crippen LogP contribution < -0.4 is 0 Å². The van der Waals surface area contributed by atoms with E-state index in [2.05, 4.69) is 58.7 Å². The number of hydrogen-bond donors (Lipinski definition) is 2. The lowest BCUT2D eigenvalue weighted by Crippen LogP contribution is -1.95. The molecule has 3 rings (SSSR count). The molecule has 0 bridgehead atoms. The number of rotatable bonds is 2. The van der Waals surface area contributed by atoms with Crippen molar-refractivity contribution >= 4 is 5.97 Å². The van der Waals surface area contributed by atoms with Gasteiger partial charge in [-0.1, -0.05) is 60.7 Å². The minimum atomic E-state index is -1.01. The molecule has 0 atom stereocenters. The van der Waals surface area contributed by atoms with Crippen LogP contribution in [0.5, 0.6) is 0 Å². The molecule has 0 saturated heterocycles. The molecule has 0 aliphatic rings. The molecule has 1 aromatic heterocycles. The maximum atomic E-state index is 9.98. The van der Waals surface area contributed by atoms with E-state index < -0.39 is 5.97 Å². The van der Waals surface area contributed by atoms with Crippen molar-refractivity contribution in [2.75, 3.05) is 0 Å². The average molecular weight is 266 g/mol. The van der Waals surface area contributed by atoms with Crippen LogP contribution in [0.2, 0.25) is 0 Å². The Morgan fingerprint density at radius 2 is 1.35 bits per heavy atom. The lowest BCUT2D eigenvalue weighted by atomic mass is 10.1. The third-order valence-corrected chi connectivity index (χ3v) is 2.60. The predicted molar refractivity (Wildman–Crippen MR) is 77.4 cm³/mol. The van der Waals surface area contributed by atoms with E-state index in [0.29, 0.717) is 0 Å². The van der Waals surface area contributed by atoms with Crippen LogP contribution in [0, 0.1) is 0 Å². The second kappa shape index (κ2) is 6.89. The fraction of sp³-hybridized carbons (Fsp3) is 0. The van der Waals surface area contributed by atoms with Gasteiger partial charge in [0.1, 0.15) is 0 Å². The van der Waals surface area contributed by atoms with Crippen molar-refractivity contribution in [2.45, 2.75) is 0 Å². The number of H-pyrrole nitrogens is 1. The molecule has 2 aromatic carbocycles. The molecule has 1 heterocycles. The number of benzene rings is 2. The summed E-state index contributed by atoms with van der Waals surface area (Å²) in [5.41, 5.74) is 2.60. The summed E-state index contributed by atoms with van der Waals surface area (Å²) in [6, 6.07) is 22.2. The van der Waals surface area contributed by atoms with Crippen molar-refractivity contribution in [1.29, 1.82) is 0 Å². The number of carboxylic acid groups (broad SMARTS) is 1. The van der Waals surface area contributed by atoms with E-state index in [1.54, 1.807) is 0 Å². The SMILES string of the molecule is O=C(O)c1cc[nH]n1.c1ccc(-c2ccccc2)cc1. The summed E-state index contributed by atoms with van der Waals surface area (Å²) in [4.78, 5) is 9.98. The highest BCUT2D eigenvalue weighted by Gasteiger charge is 2.00. The first kappa shape index (κ1) is 13.5. The van der Waals surface area contributed by atoms with E-state index >= 15 is 0 Å². The van der Waals surface area contributed by atoms with Gasteiger partial charge in [0.2, 0.25) is 0 Å². The van der Waals surface area contributed by atoms with Gasteiger partial charge in [-0.3, -0.25) is 5.10 Å². The van der Waals surface area contributed by atoms with Gasteiger partial charge >= 0.3 is 5.97 Å². The molecule has 0 aliphatic carbocycles. The Kier molecular flexibility index (Phi) is 4.67. The van der Waals surface area contributed by atoms with Crippen molar-refractivity contribution in [1.82, 2.24) is 10.2 Å². The van der Waals surface area contributed by atoms with Crippen molar-refractivity contribution in [3.63, 3.8) is 0 Å². The molecular weight excluding hydrogens is 252 g/mol. The van der Waals surface area contributed by atoms with Crippen LogP contribution in [-0.2, 0) is 0 Å². The number of aromatic amines is 1. The predicted octanol–water partition coefficient (Wildman–Crippen LogP) is 3.46. The van der Waals surface area contributed by atoms with Crippen molar-refractivity contribution < 1.29 is 9.90 Å². The van der Waals surface area contributed by atoms with Crippen LogP contribution >= 0.6 is 0 Å². The molecule has 0 saturated carbocycles. The number of nitrogens with one attached hydrogen (secondary N) is 1. The first-order chi connectivity index (χ1) is 9.77. The highest BCUT2D eigenvalue weighted by Crippen LogP contribution is 2.17. The summed E-state index contributed by atoms with van der Waals surface area (Å²) in [6.45, 7) is 0. The summed E-state index contributed by atoms with van der Waals surface area (Å²) in [6.07, 6.45) is 1.46. The minimum Gasteiger partial charge on any atom is -0.476 e. The lowest BCUT2D eigenvalue weighted by Gasteiger charge is -1.98. The Morgan fingerprint density at radius 1 is 0.850 bits per heavy atom. The topological polar surface area (TPSA) is 66.0 Å². The number of aromatic carboxylic acids is 1. The van der Waals surface area contributed by atoms with E-state index in [9.17, 15) is 4.79 Å². The molecule has 2 N–H and O–H groups in total. The van der Waals surface area contributed by atoms with Crippen molar-refractivity contribution in [3.8, 4) is 11.1 Å². The summed E-state index contributed by atoms with van der Waals surface area (Å²) < 4.78 is 0. The zero-order valence-corrected chi connectivity index (χ0v) is 10.7. The molecule has 4 heteroatoms. The molecule has 3 aromatic rings. The zero-order valence-electron chi connectivity index (χ0n) is 10.7. The average Bonchev–Trinajstić information content (AvgIpc) is 3.04. The molecule has 0 unspecified atom stereocenters. The van der Waals surface area contributed by atoms with E-state index in [-0.39, 0.29) is 5.69 Å².